The second kappa shape index (κ2) is 14.3. The maximum Gasteiger partial charge on any atom is 0.0619 e. The van der Waals surface area contributed by atoms with E-state index in [2.05, 4.69) is 251 Å². The number of hydrogen-bond donors (Lipinski definition) is 0. The first-order valence-electron chi connectivity index (χ1n) is 20.9. The molecule has 286 valence electrons. The number of rotatable bonds is 7. The lowest BCUT2D eigenvalue weighted by Gasteiger charge is -2.28. The van der Waals surface area contributed by atoms with Gasteiger partial charge in [-0.2, -0.15) is 0 Å². The topological polar surface area (TPSA) is 13.1 Å². The third-order valence-corrected chi connectivity index (χ3v) is 12.3. The van der Waals surface area contributed by atoms with Gasteiger partial charge in [-0.05, 0) is 94.9 Å². The van der Waals surface area contributed by atoms with Gasteiger partial charge in [-0.3, -0.25) is 0 Å². The quantitative estimate of drug-likeness (QED) is 0.157. The van der Waals surface area contributed by atoms with E-state index in [0.29, 0.717) is 0 Å². The molecule has 0 spiro atoms. The summed E-state index contributed by atoms with van der Waals surface area (Å²) in [6.45, 7) is 0. The minimum atomic E-state index is 1.09. The predicted octanol–water partition coefficient (Wildman–Crippen LogP) is 15.8. The minimum absolute atomic E-state index is 1.09. The average Bonchev–Trinajstić information content (AvgIpc) is 3.86. The van der Waals surface area contributed by atoms with Crippen molar-refractivity contribution < 1.29 is 0 Å². The van der Waals surface area contributed by atoms with Gasteiger partial charge in [0.25, 0.3) is 0 Å². The van der Waals surface area contributed by atoms with Crippen molar-refractivity contribution in [3.05, 3.63) is 237 Å². The third-order valence-electron chi connectivity index (χ3n) is 12.3. The Kier molecular flexibility index (Phi) is 8.17. The van der Waals surface area contributed by atoms with Crippen molar-refractivity contribution in [1.29, 1.82) is 0 Å². The number of anilines is 3. The fourth-order valence-corrected chi connectivity index (χ4v) is 9.52. The summed E-state index contributed by atoms with van der Waals surface area (Å²) in [5.41, 5.74) is 15.1. The standard InChI is InChI=1S/C58H39N3/c1-3-15-42(16-4-1)48-20-9-12-24-54(48)59(47-36-38-57-53(39-47)51-23-11-13-25-55(51)60(57)44-18-5-2-6-19-44)45-32-27-40(28-33-45)41-29-34-46(35-30-41)61-56-26-14-10-22-50(56)52-37-31-43-17-7-8-21-49(43)58(52)61/h1-39H. The summed E-state index contributed by atoms with van der Waals surface area (Å²) in [5.74, 6) is 0. The summed E-state index contributed by atoms with van der Waals surface area (Å²) >= 11 is 0. The van der Waals surface area contributed by atoms with E-state index in [1.807, 2.05) is 0 Å². The molecule has 0 aliphatic rings. The molecule has 0 radical (unpaired) electrons. The zero-order valence-corrected chi connectivity index (χ0v) is 33.4. The number of nitrogens with zero attached hydrogens (tertiary/aromatic N) is 3. The molecular formula is C58H39N3. The lowest BCUT2D eigenvalue weighted by molar-refractivity contribution is 1.18. The van der Waals surface area contributed by atoms with Crippen LogP contribution in [0.5, 0.6) is 0 Å². The van der Waals surface area contributed by atoms with Crippen molar-refractivity contribution in [2.75, 3.05) is 4.90 Å². The molecule has 0 aliphatic heterocycles. The highest BCUT2D eigenvalue weighted by Gasteiger charge is 2.20. The molecule has 0 bridgehead atoms. The molecule has 0 fully saturated rings. The lowest BCUT2D eigenvalue weighted by Crippen LogP contribution is -2.11. The lowest BCUT2D eigenvalue weighted by atomic mass is 10.0. The summed E-state index contributed by atoms with van der Waals surface area (Å²) in [6.07, 6.45) is 0. The normalized spacial score (nSPS) is 11.6. The van der Waals surface area contributed by atoms with Gasteiger partial charge in [-0.15, -0.1) is 0 Å². The summed E-state index contributed by atoms with van der Waals surface area (Å²) in [7, 11) is 0. The highest BCUT2D eigenvalue weighted by Crippen LogP contribution is 2.44. The van der Waals surface area contributed by atoms with Gasteiger partial charge in [-0.1, -0.05) is 164 Å². The van der Waals surface area contributed by atoms with Crippen LogP contribution in [-0.2, 0) is 0 Å². The number of hydrogen-bond acceptors (Lipinski definition) is 1. The molecule has 0 saturated carbocycles. The second-order valence-electron chi connectivity index (χ2n) is 15.7. The number of aromatic nitrogens is 2. The monoisotopic (exact) mass is 777 g/mol. The van der Waals surface area contributed by atoms with Crippen LogP contribution in [0, 0.1) is 0 Å². The van der Waals surface area contributed by atoms with Gasteiger partial charge in [0.1, 0.15) is 0 Å². The van der Waals surface area contributed by atoms with Crippen LogP contribution < -0.4 is 4.90 Å². The van der Waals surface area contributed by atoms with E-state index >= 15 is 0 Å². The van der Waals surface area contributed by atoms with E-state index in [1.165, 1.54) is 76.6 Å². The number of para-hydroxylation sites is 4. The van der Waals surface area contributed by atoms with Crippen LogP contribution in [0.15, 0.2) is 237 Å². The van der Waals surface area contributed by atoms with E-state index in [4.69, 9.17) is 0 Å². The van der Waals surface area contributed by atoms with Crippen molar-refractivity contribution in [3.8, 4) is 33.6 Å². The van der Waals surface area contributed by atoms with Gasteiger partial charge >= 0.3 is 0 Å². The summed E-state index contributed by atoms with van der Waals surface area (Å²) < 4.78 is 4.80. The van der Waals surface area contributed by atoms with Gasteiger partial charge in [0.2, 0.25) is 0 Å². The molecule has 0 unspecified atom stereocenters. The maximum absolute atomic E-state index is 2.43. The highest BCUT2D eigenvalue weighted by atomic mass is 15.1. The Morgan fingerprint density at radius 1 is 0.295 bits per heavy atom. The first kappa shape index (κ1) is 34.9. The third kappa shape index (κ3) is 5.74. The van der Waals surface area contributed by atoms with Crippen molar-refractivity contribution in [1.82, 2.24) is 9.13 Å². The van der Waals surface area contributed by atoms with Gasteiger partial charge < -0.3 is 14.0 Å². The Morgan fingerprint density at radius 2 is 0.836 bits per heavy atom. The largest absolute Gasteiger partial charge is 0.310 e. The first-order chi connectivity index (χ1) is 30.3. The Morgan fingerprint density at radius 3 is 1.59 bits per heavy atom. The molecule has 3 heteroatoms. The maximum atomic E-state index is 2.43. The Bertz CT molecular complexity index is 3560. The van der Waals surface area contributed by atoms with E-state index in [1.54, 1.807) is 0 Å². The van der Waals surface area contributed by atoms with E-state index < -0.39 is 0 Å². The Balaban J connectivity index is 0.977. The molecule has 10 aromatic carbocycles. The summed E-state index contributed by atoms with van der Waals surface area (Å²) in [6, 6.07) is 85.8. The summed E-state index contributed by atoms with van der Waals surface area (Å²) in [5, 5.41) is 7.49. The van der Waals surface area contributed by atoms with Crippen molar-refractivity contribution in [3.63, 3.8) is 0 Å². The van der Waals surface area contributed by atoms with Crippen LogP contribution in [0.2, 0.25) is 0 Å². The average molecular weight is 778 g/mol. The second-order valence-corrected chi connectivity index (χ2v) is 15.7. The Hall–Kier alpha value is -8.14. The Labute approximate surface area is 354 Å². The molecular weight excluding hydrogens is 739 g/mol. The zero-order chi connectivity index (χ0) is 40.3. The molecule has 2 aromatic heterocycles. The van der Waals surface area contributed by atoms with Gasteiger partial charge in [-0.25, -0.2) is 0 Å². The van der Waals surface area contributed by atoms with Crippen LogP contribution in [0.25, 0.3) is 88.0 Å². The first-order valence-corrected chi connectivity index (χ1v) is 20.9. The fourth-order valence-electron chi connectivity index (χ4n) is 9.52. The van der Waals surface area contributed by atoms with E-state index in [-0.39, 0.29) is 0 Å². The number of fused-ring (bicyclic) bond motifs is 8. The van der Waals surface area contributed by atoms with Crippen molar-refractivity contribution >= 4 is 71.4 Å². The SMILES string of the molecule is c1ccc(-c2ccccc2N(c2ccc(-c3ccc(-n4c5ccccc5c5ccc6ccccc6c54)cc3)cc2)c2ccc3c(c2)c2ccccc2n3-c2ccccc2)cc1. The van der Waals surface area contributed by atoms with Gasteiger partial charge in [0.05, 0.1) is 27.8 Å². The molecule has 12 aromatic rings. The molecule has 0 amide bonds. The molecule has 0 atom stereocenters. The molecule has 2 heterocycles. The van der Waals surface area contributed by atoms with Crippen LogP contribution in [0.3, 0.4) is 0 Å². The zero-order valence-electron chi connectivity index (χ0n) is 33.4. The van der Waals surface area contributed by atoms with Crippen molar-refractivity contribution in [2.45, 2.75) is 0 Å². The van der Waals surface area contributed by atoms with Crippen LogP contribution in [0.4, 0.5) is 17.1 Å². The van der Waals surface area contributed by atoms with Crippen molar-refractivity contribution in [2.24, 2.45) is 0 Å². The van der Waals surface area contributed by atoms with Gasteiger partial charge in [0, 0.05) is 55.2 Å². The van der Waals surface area contributed by atoms with Crippen LogP contribution in [0.1, 0.15) is 0 Å². The predicted molar refractivity (Wildman–Crippen MR) is 258 cm³/mol. The molecule has 61 heavy (non-hydrogen) atoms. The van der Waals surface area contributed by atoms with Gasteiger partial charge in [0.15, 0.2) is 0 Å². The van der Waals surface area contributed by atoms with E-state index in [9.17, 15) is 0 Å². The fraction of sp³-hybridized carbons (Fsp3) is 0. The molecule has 3 nitrogen and oxygen atoms in total. The molecule has 12 rings (SSSR count). The minimum Gasteiger partial charge on any atom is -0.310 e. The molecule has 0 aliphatic carbocycles. The van der Waals surface area contributed by atoms with Crippen LogP contribution in [-0.4, -0.2) is 9.13 Å². The highest BCUT2D eigenvalue weighted by molar-refractivity contribution is 6.18. The number of benzene rings is 10. The molecule has 0 saturated heterocycles. The smallest absolute Gasteiger partial charge is 0.0619 e. The van der Waals surface area contributed by atoms with Crippen LogP contribution >= 0.6 is 0 Å². The summed E-state index contributed by atoms with van der Waals surface area (Å²) in [4.78, 5) is 2.41. The molecule has 0 N–H and O–H groups in total. The van der Waals surface area contributed by atoms with E-state index in [0.717, 1.165) is 28.4 Å².